The van der Waals surface area contributed by atoms with Gasteiger partial charge in [-0.15, -0.1) is 11.8 Å². The Morgan fingerprint density at radius 3 is 2.78 bits per heavy atom. The topological polar surface area (TPSA) is 91.2 Å². The van der Waals surface area contributed by atoms with Gasteiger partial charge in [-0.2, -0.15) is 5.26 Å². The first-order valence-corrected chi connectivity index (χ1v) is 10.8. The number of benzene rings is 1. The lowest BCUT2D eigenvalue weighted by Gasteiger charge is -2.25. The van der Waals surface area contributed by atoms with Crippen LogP contribution < -0.4 is 10.6 Å². The molecule has 8 heteroatoms. The van der Waals surface area contributed by atoms with E-state index in [2.05, 4.69) is 16.7 Å². The number of nitrogens with one attached hydrogen (secondary N) is 2. The van der Waals surface area contributed by atoms with Gasteiger partial charge in [0.2, 0.25) is 11.8 Å². The SMILES string of the molecule is COCCCNC(=O)CSC1=C(C#N)[C@H](c2ccc(SC)cc2)CC(=O)N1. The Bertz CT molecular complexity index is 742. The van der Waals surface area contributed by atoms with Crippen molar-refractivity contribution in [1.82, 2.24) is 10.6 Å². The zero-order valence-corrected chi connectivity index (χ0v) is 17.0. The average Bonchev–Trinajstić information content (AvgIpc) is 2.69. The fourth-order valence-electron chi connectivity index (χ4n) is 2.69. The largest absolute Gasteiger partial charge is 0.385 e. The first-order valence-electron chi connectivity index (χ1n) is 8.55. The Morgan fingerprint density at radius 2 is 2.15 bits per heavy atom. The molecule has 0 aliphatic carbocycles. The van der Waals surface area contributed by atoms with Crippen LogP contribution in [0, 0.1) is 11.3 Å². The summed E-state index contributed by atoms with van der Waals surface area (Å²) in [5, 5.41) is 15.7. The number of methoxy groups -OCH3 is 1. The van der Waals surface area contributed by atoms with Gasteiger partial charge in [-0.25, -0.2) is 0 Å². The molecule has 0 fully saturated rings. The lowest BCUT2D eigenvalue weighted by molar-refractivity contribution is -0.121. The number of ether oxygens (including phenoxy) is 1. The maximum absolute atomic E-state index is 12.1. The first-order chi connectivity index (χ1) is 13.1. The lowest BCUT2D eigenvalue weighted by Crippen LogP contribution is -2.32. The minimum Gasteiger partial charge on any atom is -0.385 e. The summed E-state index contributed by atoms with van der Waals surface area (Å²) < 4.78 is 4.94. The standard InChI is InChI=1S/C19H23N3O3S2/c1-25-9-3-8-21-18(24)12-27-19-16(11-20)15(10-17(23)22-19)13-4-6-14(26-2)7-5-13/h4-7,15H,3,8-10,12H2,1-2H3,(H,21,24)(H,22,23)/t15-/m0/s1. The Hall–Kier alpha value is -1.95. The Morgan fingerprint density at radius 1 is 1.41 bits per heavy atom. The molecule has 2 N–H and O–H groups in total. The van der Waals surface area contributed by atoms with Gasteiger partial charge in [-0.3, -0.25) is 9.59 Å². The summed E-state index contributed by atoms with van der Waals surface area (Å²) in [6, 6.07) is 10.1. The molecule has 1 aromatic rings. The van der Waals surface area contributed by atoms with Crippen LogP contribution in [-0.4, -0.2) is 44.1 Å². The normalized spacial score (nSPS) is 16.6. The molecule has 1 aliphatic rings. The summed E-state index contributed by atoms with van der Waals surface area (Å²) in [5.41, 5.74) is 1.44. The van der Waals surface area contributed by atoms with Crippen LogP contribution in [-0.2, 0) is 14.3 Å². The summed E-state index contributed by atoms with van der Waals surface area (Å²) in [5.74, 6) is -0.421. The predicted octanol–water partition coefficient (Wildman–Crippen LogP) is 2.63. The summed E-state index contributed by atoms with van der Waals surface area (Å²) >= 11 is 2.83. The van der Waals surface area contributed by atoms with E-state index in [1.54, 1.807) is 18.9 Å². The molecule has 2 rings (SSSR count). The van der Waals surface area contributed by atoms with Crippen LogP contribution in [0.4, 0.5) is 0 Å². The molecule has 6 nitrogen and oxygen atoms in total. The fraction of sp³-hybridized carbons (Fsp3) is 0.421. The van der Waals surface area contributed by atoms with Gasteiger partial charge in [0.1, 0.15) is 0 Å². The quantitative estimate of drug-likeness (QED) is 0.485. The van der Waals surface area contributed by atoms with E-state index in [4.69, 9.17) is 4.74 Å². The number of amides is 2. The predicted molar refractivity (Wildman–Crippen MR) is 108 cm³/mol. The summed E-state index contributed by atoms with van der Waals surface area (Å²) in [6.07, 6.45) is 2.97. The molecule has 144 valence electrons. The van der Waals surface area contributed by atoms with Crippen LogP contribution in [0.25, 0.3) is 0 Å². The molecule has 2 amide bonds. The molecule has 1 heterocycles. The van der Waals surface area contributed by atoms with Gasteiger partial charge < -0.3 is 15.4 Å². The molecule has 1 atom stereocenters. The van der Waals surface area contributed by atoms with E-state index in [9.17, 15) is 14.9 Å². The molecule has 27 heavy (non-hydrogen) atoms. The highest BCUT2D eigenvalue weighted by Crippen LogP contribution is 2.36. The molecule has 0 saturated heterocycles. The van der Waals surface area contributed by atoms with Crippen LogP contribution in [0.2, 0.25) is 0 Å². The van der Waals surface area contributed by atoms with Gasteiger partial charge in [-0.1, -0.05) is 23.9 Å². The summed E-state index contributed by atoms with van der Waals surface area (Å²) in [6.45, 7) is 1.12. The van der Waals surface area contributed by atoms with E-state index in [0.29, 0.717) is 23.8 Å². The molecule has 0 radical (unpaired) electrons. The number of rotatable bonds is 9. The Balaban J connectivity index is 2.07. The molecule has 1 aliphatic heterocycles. The van der Waals surface area contributed by atoms with Crippen molar-refractivity contribution in [2.45, 2.75) is 23.7 Å². The number of carbonyl (C=O) groups excluding carboxylic acids is 2. The van der Waals surface area contributed by atoms with Crippen molar-refractivity contribution in [3.8, 4) is 6.07 Å². The van der Waals surface area contributed by atoms with Crippen molar-refractivity contribution >= 4 is 35.3 Å². The van der Waals surface area contributed by atoms with Crippen molar-refractivity contribution < 1.29 is 14.3 Å². The van der Waals surface area contributed by atoms with E-state index in [1.807, 2.05) is 30.5 Å². The van der Waals surface area contributed by atoms with Crippen molar-refractivity contribution in [3.05, 3.63) is 40.4 Å². The minimum atomic E-state index is -0.285. The maximum atomic E-state index is 12.1. The van der Waals surface area contributed by atoms with E-state index >= 15 is 0 Å². The number of hydrogen-bond donors (Lipinski definition) is 2. The minimum absolute atomic E-state index is 0.137. The van der Waals surface area contributed by atoms with Crippen molar-refractivity contribution in [2.75, 3.05) is 32.3 Å². The first kappa shape index (κ1) is 21.4. The Labute approximate surface area is 168 Å². The van der Waals surface area contributed by atoms with Crippen molar-refractivity contribution in [3.63, 3.8) is 0 Å². The molecule has 0 saturated carbocycles. The monoisotopic (exact) mass is 405 g/mol. The number of nitrogens with zero attached hydrogens (tertiary/aromatic N) is 1. The van der Waals surface area contributed by atoms with Crippen LogP contribution in [0.15, 0.2) is 39.8 Å². The molecule has 1 aromatic carbocycles. The van der Waals surface area contributed by atoms with Gasteiger partial charge >= 0.3 is 0 Å². The van der Waals surface area contributed by atoms with E-state index in [-0.39, 0.29) is 29.9 Å². The van der Waals surface area contributed by atoms with Gasteiger partial charge in [0.05, 0.1) is 22.4 Å². The third kappa shape index (κ3) is 6.31. The van der Waals surface area contributed by atoms with Crippen LogP contribution in [0.5, 0.6) is 0 Å². The third-order valence-electron chi connectivity index (χ3n) is 4.07. The second-order valence-corrected chi connectivity index (χ2v) is 7.78. The van der Waals surface area contributed by atoms with E-state index < -0.39 is 0 Å². The zero-order chi connectivity index (χ0) is 19.6. The van der Waals surface area contributed by atoms with Gasteiger partial charge in [0.15, 0.2) is 0 Å². The number of thioether (sulfide) groups is 2. The fourth-order valence-corrected chi connectivity index (χ4v) is 4.00. The molecule has 0 spiro atoms. The molecule has 0 bridgehead atoms. The highest BCUT2D eigenvalue weighted by molar-refractivity contribution is 8.03. The number of allylic oxidation sites excluding steroid dienone is 1. The highest BCUT2D eigenvalue weighted by atomic mass is 32.2. The van der Waals surface area contributed by atoms with Gasteiger partial charge in [0.25, 0.3) is 0 Å². The van der Waals surface area contributed by atoms with Crippen molar-refractivity contribution in [1.29, 1.82) is 5.26 Å². The van der Waals surface area contributed by atoms with E-state index in [1.165, 1.54) is 11.8 Å². The molecular formula is C19H23N3O3S2. The average molecular weight is 406 g/mol. The molecule has 0 unspecified atom stereocenters. The number of carbonyl (C=O) groups is 2. The summed E-state index contributed by atoms with van der Waals surface area (Å²) in [7, 11) is 1.62. The Kier molecular flexibility index (Phi) is 8.72. The molecular weight excluding hydrogens is 382 g/mol. The van der Waals surface area contributed by atoms with Gasteiger partial charge in [0, 0.05) is 37.5 Å². The zero-order valence-electron chi connectivity index (χ0n) is 15.4. The van der Waals surface area contributed by atoms with Crippen molar-refractivity contribution in [2.24, 2.45) is 0 Å². The summed E-state index contributed by atoms with van der Waals surface area (Å²) in [4.78, 5) is 25.2. The van der Waals surface area contributed by atoms with Crippen LogP contribution >= 0.6 is 23.5 Å². The smallest absolute Gasteiger partial charge is 0.230 e. The second-order valence-electron chi connectivity index (χ2n) is 5.92. The van der Waals surface area contributed by atoms with Gasteiger partial charge in [-0.05, 0) is 30.4 Å². The lowest BCUT2D eigenvalue weighted by atomic mass is 9.87. The van der Waals surface area contributed by atoms with E-state index in [0.717, 1.165) is 16.9 Å². The maximum Gasteiger partial charge on any atom is 0.230 e. The third-order valence-corrected chi connectivity index (χ3v) is 5.83. The highest BCUT2D eigenvalue weighted by Gasteiger charge is 2.29. The molecule has 0 aromatic heterocycles. The van der Waals surface area contributed by atoms with Crippen LogP contribution in [0.3, 0.4) is 0 Å². The van der Waals surface area contributed by atoms with Crippen LogP contribution in [0.1, 0.15) is 24.3 Å². The second kappa shape index (κ2) is 11.0. The number of hydrogen-bond acceptors (Lipinski definition) is 6. The number of nitriles is 1.